The smallest absolute Gasteiger partial charge is 0.0107 e. The highest BCUT2D eigenvalue weighted by molar-refractivity contribution is 4.85. The van der Waals surface area contributed by atoms with Gasteiger partial charge in [-0.2, -0.15) is 0 Å². The molecule has 0 amide bonds. The first-order chi connectivity index (χ1) is 9.20. The third-order valence-corrected chi connectivity index (χ3v) is 5.37. The molecule has 2 heteroatoms. The molecule has 2 nitrogen and oxygen atoms in total. The lowest BCUT2D eigenvalue weighted by Gasteiger charge is -2.30. The zero-order chi connectivity index (χ0) is 13.7. The van der Waals surface area contributed by atoms with Crippen LogP contribution in [-0.2, 0) is 0 Å². The van der Waals surface area contributed by atoms with Crippen molar-refractivity contribution in [2.75, 3.05) is 26.2 Å². The Morgan fingerprint density at radius 3 is 2.37 bits per heavy atom. The highest BCUT2D eigenvalue weighted by Gasteiger charge is 2.30. The van der Waals surface area contributed by atoms with Gasteiger partial charge in [-0.25, -0.2) is 0 Å². The van der Waals surface area contributed by atoms with Gasteiger partial charge in [-0.3, -0.25) is 0 Å². The fourth-order valence-electron chi connectivity index (χ4n) is 3.93. The molecule has 0 aromatic carbocycles. The van der Waals surface area contributed by atoms with Crippen molar-refractivity contribution in [2.45, 2.75) is 65.3 Å². The molecule has 1 N–H and O–H groups in total. The molecular formula is C17H34N2. The minimum absolute atomic E-state index is 0.786. The Morgan fingerprint density at radius 1 is 1.00 bits per heavy atom. The molecule has 1 saturated carbocycles. The predicted octanol–water partition coefficient (Wildman–Crippen LogP) is 3.52. The van der Waals surface area contributed by atoms with Crippen LogP contribution in [0.5, 0.6) is 0 Å². The Hall–Kier alpha value is -0.0800. The summed E-state index contributed by atoms with van der Waals surface area (Å²) < 4.78 is 0. The molecule has 2 fully saturated rings. The quantitative estimate of drug-likeness (QED) is 0.766. The Morgan fingerprint density at radius 2 is 1.68 bits per heavy atom. The van der Waals surface area contributed by atoms with Gasteiger partial charge < -0.3 is 10.2 Å². The van der Waals surface area contributed by atoms with E-state index in [9.17, 15) is 0 Å². The maximum Gasteiger partial charge on any atom is 0.0107 e. The van der Waals surface area contributed by atoms with Crippen molar-refractivity contribution in [3.8, 4) is 0 Å². The van der Waals surface area contributed by atoms with Crippen molar-refractivity contribution in [1.82, 2.24) is 10.2 Å². The van der Waals surface area contributed by atoms with E-state index in [1.807, 2.05) is 0 Å². The lowest BCUT2D eigenvalue weighted by molar-refractivity contribution is 0.218. The first-order valence-electron chi connectivity index (χ1n) is 8.66. The Kier molecular flexibility index (Phi) is 6.15. The van der Waals surface area contributed by atoms with Crippen LogP contribution in [0.15, 0.2) is 0 Å². The first-order valence-corrected chi connectivity index (χ1v) is 8.66. The zero-order valence-corrected chi connectivity index (χ0v) is 13.3. The standard InChI is InChI=1S/C17H34N2/c1-4-10-18-17-9-7-5-6-8-16(17)13-19-11-14(2)15(3)12-19/h14-18H,4-13H2,1-3H3. The highest BCUT2D eigenvalue weighted by atomic mass is 15.2. The SMILES string of the molecule is CCCNC1CCCCCC1CN1CC(C)C(C)C1. The van der Waals surface area contributed by atoms with Crippen LogP contribution in [0.4, 0.5) is 0 Å². The van der Waals surface area contributed by atoms with Gasteiger partial charge >= 0.3 is 0 Å². The van der Waals surface area contributed by atoms with Gasteiger partial charge in [0, 0.05) is 25.7 Å². The van der Waals surface area contributed by atoms with Gasteiger partial charge in [0.2, 0.25) is 0 Å². The van der Waals surface area contributed by atoms with E-state index in [1.54, 1.807) is 0 Å². The van der Waals surface area contributed by atoms with E-state index in [0.717, 1.165) is 23.8 Å². The second-order valence-corrected chi connectivity index (χ2v) is 7.13. The molecule has 2 aliphatic rings. The third kappa shape index (κ3) is 4.46. The number of rotatable bonds is 5. The third-order valence-electron chi connectivity index (χ3n) is 5.37. The molecule has 1 aliphatic carbocycles. The van der Waals surface area contributed by atoms with Crippen molar-refractivity contribution < 1.29 is 0 Å². The minimum Gasteiger partial charge on any atom is -0.314 e. The van der Waals surface area contributed by atoms with E-state index in [2.05, 4.69) is 31.0 Å². The molecule has 0 aromatic heterocycles. The number of nitrogens with zero attached hydrogens (tertiary/aromatic N) is 1. The fraction of sp³-hybridized carbons (Fsp3) is 1.00. The zero-order valence-electron chi connectivity index (χ0n) is 13.3. The summed E-state index contributed by atoms with van der Waals surface area (Å²) in [5.74, 6) is 2.69. The van der Waals surface area contributed by atoms with Crippen molar-refractivity contribution in [1.29, 1.82) is 0 Å². The van der Waals surface area contributed by atoms with Gasteiger partial charge in [0.15, 0.2) is 0 Å². The van der Waals surface area contributed by atoms with Crippen LogP contribution in [0.1, 0.15) is 59.3 Å². The number of likely N-dealkylation sites (tertiary alicyclic amines) is 1. The van der Waals surface area contributed by atoms with Gasteiger partial charge in [-0.05, 0) is 43.6 Å². The average Bonchev–Trinajstić information content (AvgIpc) is 2.59. The van der Waals surface area contributed by atoms with Crippen LogP contribution in [0.25, 0.3) is 0 Å². The topological polar surface area (TPSA) is 15.3 Å². The molecule has 19 heavy (non-hydrogen) atoms. The summed E-state index contributed by atoms with van der Waals surface area (Å²) >= 11 is 0. The number of hydrogen-bond acceptors (Lipinski definition) is 2. The summed E-state index contributed by atoms with van der Waals surface area (Å²) in [6.45, 7) is 12.3. The monoisotopic (exact) mass is 266 g/mol. The van der Waals surface area contributed by atoms with Crippen LogP contribution in [0.3, 0.4) is 0 Å². The Balaban J connectivity index is 1.86. The normalized spacial score (nSPS) is 37.4. The lowest BCUT2D eigenvalue weighted by Crippen LogP contribution is -2.41. The lowest BCUT2D eigenvalue weighted by atomic mass is 9.94. The van der Waals surface area contributed by atoms with Crippen molar-refractivity contribution >= 4 is 0 Å². The first kappa shape index (κ1) is 15.3. The molecule has 0 spiro atoms. The van der Waals surface area contributed by atoms with Crippen LogP contribution >= 0.6 is 0 Å². The molecular weight excluding hydrogens is 232 g/mol. The van der Waals surface area contributed by atoms with E-state index >= 15 is 0 Å². The maximum atomic E-state index is 3.83. The molecule has 0 bridgehead atoms. The predicted molar refractivity (Wildman–Crippen MR) is 83.4 cm³/mol. The van der Waals surface area contributed by atoms with E-state index in [0.29, 0.717) is 0 Å². The van der Waals surface area contributed by atoms with Crippen molar-refractivity contribution in [3.05, 3.63) is 0 Å². The summed E-state index contributed by atoms with van der Waals surface area (Å²) in [5.41, 5.74) is 0. The largest absolute Gasteiger partial charge is 0.314 e. The van der Waals surface area contributed by atoms with E-state index in [4.69, 9.17) is 0 Å². The molecule has 1 aliphatic heterocycles. The van der Waals surface area contributed by atoms with Gasteiger partial charge in [0.25, 0.3) is 0 Å². The molecule has 0 aromatic rings. The summed E-state index contributed by atoms with van der Waals surface area (Å²) in [6, 6.07) is 0.786. The van der Waals surface area contributed by atoms with E-state index in [-0.39, 0.29) is 0 Å². The summed E-state index contributed by atoms with van der Waals surface area (Å²) in [4.78, 5) is 2.74. The van der Waals surface area contributed by atoms with Gasteiger partial charge in [-0.15, -0.1) is 0 Å². The molecule has 4 atom stereocenters. The second-order valence-electron chi connectivity index (χ2n) is 7.13. The summed E-state index contributed by atoms with van der Waals surface area (Å²) in [5, 5.41) is 3.83. The molecule has 1 heterocycles. The maximum absolute atomic E-state index is 3.83. The average molecular weight is 266 g/mol. The summed E-state index contributed by atoms with van der Waals surface area (Å²) in [6.07, 6.45) is 8.46. The Bertz CT molecular complexity index is 244. The highest BCUT2D eigenvalue weighted by Crippen LogP contribution is 2.28. The molecule has 112 valence electrons. The van der Waals surface area contributed by atoms with E-state index < -0.39 is 0 Å². The minimum atomic E-state index is 0.786. The molecule has 0 radical (unpaired) electrons. The van der Waals surface area contributed by atoms with Crippen LogP contribution in [0, 0.1) is 17.8 Å². The van der Waals surface area contributed by atoms with Gasteiger partial charge in [0.05, 0.1) is 0 Å². The van der Waals surface area contributed by atoms with Crippen molar-refractivity contribution in [3.63, 3.8) is 0 Å². The van der Waals surface area contributed by atoms with Crippen LogP contribution in [-0.4, -0.2) is 37.1 Å². The van der Waals surface area contributed by atoms with Gasteiger partial charge in [0.1, 0.15) is 0 Å². The summed E-state index contributed by atoms with van der Waals surface area (Å²) in [7, 11) is 0. The van der Waals surface area contributed by atoms with Crippen LogP contribution < -0.4 is 5.32 Å². The molecule has 4 unspecified atom stereocenters. The fourth-order valence-corrected chi connectivity index (χ4v) is 3.93. The number of nitrogens with one attached hydrogen (secondary N) is 1. The van der Waals surface area contributed by atoms with Crippen LogP contribution in [0.2, 0.25) is 0 Å². The Labute approximate surface area is 120 Å². The van der Waals surface area contributed by atoms with Gasteiger partial charge in [-0.1, -0.05) is 40.0 Å². The molecule has 2 rings (SSSR count). The van der Waals surface area contributed by atoms with Crippen molar-refractivity contribution in [2.24, 2.45) is 17.8 Å². The second kappa shape index (κ2) is 7.64. The van der Waals surface area contributed by atoms with E-state index in [1.165, 1.54) is 64.7 Å². The molecule has 1 saturated heterocycles. The number of hydrogen-bond donors (Lipinski definition) is 1.